The predicted octanol–water partition coefficient (Wildman–Crippen LogP) is 4.85. The zero-order chi connectivity index (χ0) is 17.8. The number of hydrogen-bond donors (Lipinski definition) is 1. The minimum atomic E-state index is 0.310. The van der Waals surface area contributed by atoms with Crippen LogP contribution in [-0.4, -0.2) is 34.4 Å². The maximum absolute atomic E-state index is 5.61. The topological polar surface area (TPSA) is 59.9 Å². The zero-order valence-corrected chi connectivity index (χ0v) is 16.9. The second-order valence-corrected chi connectivity index (χ2v) is 9.25. The van der Waals surface area contributed by atoms with Crippen molar-refractivity contribution in [2.45, 2.75) is 36.0 Å². The highest BCUT2D eigenvalue weighted by Crippen LogP contribution is 2.31. The van der Waals surface area contributed by atoms with Gasteiger partial charge in [0.1, 0.15) is 5.01 Å². The van der Waals surface area contributed by atoms with Crippen molar-refractivity contribution in [1.29, 1.82) is 0 Å². The fraction of sp³-hybridized carbons (Fsp3) is 0.389. The Hall–Kier alpha value is -1.48. The number of ether oxygens (including phenoxy) is 1. The van der Waals surface area contributed by atoms with Gasteiger partial charge in [-0.15, -0.1) is 21.5 Å². The Morgan fingerprint density at radius 1 is 1.27 bits per heavy atom. The number of nitrogens with one attached hydrogen (secondary N) is 1. The molecule has 0 saturated carbocycles. The number of anilines is 1. The monoisotopic (exact) mass is 404 g/mol. The molecule has 0 bridgehead atoms. The van der Waals surface area contributed by atoms with Crippen LogP contribution in [0.3, 0.4) is 0 Å². The van der Waals surface area contributed by atoms with Gasteiger partial charge in [0.15, 0.2) is 4.34 Å². The van der Waals surface area contributed by atoms with E-state index in [0.717, 1.165) is 51.9 Å². The molecule has 1 aliphatic rings. The molecule has 1 N–H and O–H groups in total. The van der Waals surface area contributed by atoms with Crippen LogP contribution in [0.4, 0.5) is 5.13 Å². The molecular weight excluding hydrogens is 384 g/mol. The lowest BCUT2D eigenvalue weighted by molar-refractivity contribution is 0.120. The van der Waals surface area contributed by atoms with Crippen LogP contribution in [0.25, 0.3) is 10.6 Å². The molecule has 8 heteroatoms. The van der Waals surface area contributed by atoms with Crippen molar-refractivity contribution in [3.63, 3.8) is 0 Å². The SMILES string of the molecule is Cc1ccc(-c2nc(CSc3nnc(NC[C@@H]4CCCO4)s3)cs2)cc1. The number of benzene rings is 1. The summed E-state index contributed by atoms with van der Waals surface area (Å²) in [6.07, 6.45) is 2.59. The maximum Gasteiger partial charge on any atom is 0.206 e. The molecule has 3 aromatic rings. The van der Waals surface area contributed by atoms with E-state index in [2.05, 4.69) is 52.1 Å². The highest BCUT2D eigenvalue weighted by atomic mass is 32.2. The second-order valence-electron chi connectivity index (χ2n) is 6.19. The van der Waals surface area contributed by atoms with Crippen molar-refractivity contribution >= 4 is 39.6 Å². The molecule has 5 nitrogen and oxygen atoms in total. The third-order valence-electron chi connectivity index (χ3n) is 4.11. The average molecular weight is 405 g/mol. The van der Waals surface area contributed by atoms with E-state index in [1.807, 2.05) is 0 Å². The Kier molecular flexibility index (Phi) is 5.84. The summed E-state index contributed by atoms with van der Waals surface area (Å²) in [4.78, 5) is 4.74. The lowest BCUT2D eigenvalue weighted by atomic mass is 10.2. The summed E-state index contributed by atoms with van der Waals surface area (Å²) in [5.74, 6) is 0.808. The number of thiazole rings is 1. The number of hydrogen-bond acceptors (Lipinski definition) is 8. The minimum Gasteiger partial charge on any atom is -0.376 e. The Morgan fingerprint density at radius 3 is 2.96 bits per heavy atom. The van der Waals surface area contributed by atoms with Crippen LogP contribution in [0.15, 0.2) is 34.0 Å². The molecular formula is C18H20N4OS3. The molecule has 1 atom stereocenters. The molecule has 4 rings (SSSR count). The van der Waals surface area contributed by atoms with Crippen LogP contribution in [0, 0.1) is 6.92 Å². The van der Waals surface area contributed by atoms with Crippen LogP contribution < -0.4 is 5.32 Å². The van der Waals surface area contributed by atoms with E-state index in [4.69, 9.17) is 9.72 Å². The number of thioether (sulfide) groups is 1. The van der Waals surface area contributed by atoms with Gasteiger partial charge in [-0.25, -0.2) is 4.98 Å². The van der Waals surface area contributed by atoms with Gasteiger partial charge in [-0.3, -0.25) is 0 Å². The number of rotatable bonds is 7. The van der Waals surface area contributed by atoms with Crippen molar-refractivity contribution < 1.29 is 4.74 Å². The smallest absolute Gasteiger partial charge is 0.206 e. The first-order chi connectivity index (χ1) is 12.8. The van der Waals surface area contributed by atoms with Crippen LogP contribution in [0.1, 0.15) is 24.1 Å². The van der Waals surface area contributed by atoms with Crippen molar-refractivity contribution in [1.82, 2.24) is 15.2 Å². The molecule has 26 heavy (non-hydrogen) atoms. The standard InChI is InChI=1S/C18H20N4OS3/c1-12-4-6-13(7-5-12)16-20-14(10-24-16)11-25-18-22-21-17(26-18)19-9-15-3-2-8-23-15/h4-7,10,15H,2-3,8-9,11H2,1H3,(H,19,21)/t15-/m0/s1. The summed E-state index contributed by atoms with van der Waals surface area (Å²) in [6.45, 7) is 3.78. The summed E-state index contributed by atoms with van der Waals surface area (Å²) in [5, 5.41) is 15.9. The first-order valence-electron chi connectivity index (χ1n) is 8.59. The van der Waals surface area contributed by atoms with Crippen LogP contribution in [-0.2, 0) is 10.5 Å². The highest BCUT2D eigenvalue weighted by molar-refractivity contribution is 8.00. The maximum atomic E-state index is 5.61. The quantitative estimate of drug-likeness (QED) is 0.568. The molecule has 2 aromatic heterocycles. The van der Waals surface area contributed by atoms with Gasteiger partial charge in [-0.2, -0.15) is 0 Å². The van der Waals surface area contributed by atoms with Gasteiger partial charge >= 0.3 is 0 Å². The second kappa shape index (κ2) is 8.47. The molecule has 0 spiro atoms. The van der Waals surface area contributed by atoms with E-state index >= 15 is 0 Å². The van der Waals surface area contributed by atoms with Crippen LogP contribution in [0.5, 0.6) is 0 Å². The lowest BCUT2D eigenvalue weighted by Crippen LogP contribution is -2.18. The summed E-state index contributed by atoms with van der Waals surface area (Å²) in [5.41, 5.74) is 3.52. The van der Waals surface area contributed by atoms with Crippen molar-refractivity contribution in [2.75, 3.05) is 18.5 Å². The van der Waals surface area contributed by atoms with Crippen molar-refractivity contribution in [3.8, 4) is 10.6 Å². The summed E-state index contributed by atoms with van der Waals surface area (Å²) >= 11 is 4.96. The van der Waals surface area contributed by atoms with Gasteiger partial charge in [-0.1, -0.05) is 52.9 Å². The van der Waals surface area contributed by atoms with Crippen LogP contribution >= 0.6 is 34.4 Å². The molecule has 0 aliphatic carbocycles. The molecule has 0 radical (unpaired) electrons. The van der Waals surface area contributed by atoms with E-state index in [-0.39, 0.29) is 0 Å². The summed E-state index contributed by atoms with van der Waals surface area (Å²) in [6, 6.07) is 8.50. The molecule has 136 valence electrons. The average Bonchev–Trinajstić information content (AvgIpc) is 3.40. The fourth-order valence-corrected chi connectivity index (χ4v) is 5.27. The zero-order valence-electron chi connectivity index (χ0n) is 14.5. The molecule has 1 aliphatic heterocycles. The molecule has 1 aromatic carbocycles. The Morgan fingerprint density at radius 2 is 2.15 bits per heavy atom. The van der Waals surface area contributed by atoms with E-state index in [1.165, 1.54) is 11.1 Å². The van der Waals surface area contributed by atoms with E-state index in [1.54, 1.807) is 34.4 Å². The lowest BCUT2D eigenvalue weighted by Gasteiger charge is -2.08. The number of aryl methyl sites for hydroxylation is 1. The van der Waals surface area contributed by atoms with E-state index < -0.39 is 0 Å². The Bertz CT molecular complexity index is 840. The third-order valence-corrected chi connectivity index (χ3v) is 7.09. The molecule has 1 saturated heterocycles. The van der Waals surface area contributed by atoms with Crippen LogP contribution in [0.2, 0.25) is 0 Å². The first kappa shape index (κ1) is 17.9. The number of aromatic nitrogens is 3. The minimum absolute atomic E-state index is 0.310. The fourth-order valence-electron chi connectivity index (χ4n) is 2.68. The largest absolute Gasteiger partial charge is 0.376 e. The number of nitrogens with zero attached hydrogens (tertiary/aromatic N) is 3. The highest BCUT2D eigenvalue weighted by Gasteiger charge is 2.16. The van der Waals surface area contributed by atoms with Crippen molar-refractivity contribution in [2.24, 2.45) is 0 Å². The van der Waals surface area contributed by atoms with Gasteiger partial charge in [0.05, 0.1) is 11.8 Å². The Labute approximate surface area is 165 Å². The summed E-state index contributed by atoms with van der Waals surface area (Å²) in [7, 11) is 0. The molecule has 0 amide bonds. The van der Waals surface area contributed by atoms with E-state index in [0.29, 0.717) is 6.10 Å². The van der Waals surface area contributed by atoms with Gasteiger partial charge < -0.3 is 10.1 Å². The van der Waals surface area contributed by atoms with Gasteiger partial charge in [0.2, 0.25) is 5.13 Å². The summed E-state index contributed by atoms with van der Waals surface area (Å²) < 4.78 is 6.58. The van der Waals surface area contributed by atoms with Gasteiger partial charge in [-0.05, 0) is 19.8 Å². The third kappa shape index (κ3) is 4.62. The van der Waals surface area contributed by atoms with Gasteiger partial charge in [0.25, 0.3) is 0 Å². The molecule has 0 unspecified atom stereocenters. The Balaban J connectivity index is 1.29. The first-order valence-corrected chi connectivity index (χ1v) is 11.3. The molecule has 1 fully saturated rings. The normalized spacial score (nSPS) is 16.9. The van der Waals surface area contributed by atoms with Gasteiger partial charge in [0, 0.05) is 29.8 Å². The molecule has 3 heterocycles. The van der Waals surface area contributed by atoms with E-state index in [9.17, 15) is 0 Å². The predicted molar refractivity (Wildman–Crippen MR) is 109 cm³/mol. The van der Waals surface area contributed by atoms with Crippen molar-refractivity contribution in [3.05, 3.63) is 40.9 Å².